The Hall–Kier alpha value is -2.17. The number of carbonyl (C=O) groups is 2. The third-order valence-corrected chi connectivity index (χ3v) is 7.84. The van der Waals surface area contributed by atoms with Crippen LogP contribution in [-0.4, -0.2) is 52.8 Å². The Bertz CT molecular complexity index is 798. The van der Waals surface area contributed by atoms with Crippen LogP contribution in [0.2, 0.25) is 0 Å². The maximum absolute atomic E-state index is 13.1. The number of likely N-dealkylation sites (tertiary alicyclic amines) is 2. The van der Waals surface area contributed by atoms with Crippen molar-refractivity contribution in [1.29, 1.82) is 0 Å². The summed E-state index contributed by atoms with van der Waals surface area (Å²) < 4.78 is 0. The molecule has 1 aromatic rings. The minimum absolute atomic E-state index is 0.198. The van der Waals surface area contributed by atoms with Crippen molar-refractivity contribution < 1.29 is 9.59 Å². The summed E-state index contributed by atoms with van der Waals surface area (Å²) in [6.07, 6.45) is 13.1. The monoisotopic (exact) mass is 393 g/mol. The highest BCUT2D eigenvalue weighted by atomic mass is 16.2. The summed E-state index contributed by atoms with van der Waals surface area (Å²) in [5.74, 6) is 2.01. The Kier molecular flexibility index (Phi) is 4.92. The molecule has 2 saturated heterocycles. The van der Waals surface area contributed by atoms with Gasteiger partial charge in [-0.3, -0.25) is 14.6 Å². The lowest BCUT2D eigenvalue weighted by atomic mass is 9.72. The van der Waals surface area contributed by atoms with Crippen molar-refractivity contribution >= 4 is 11.8 Å². The molecule has 3 fully saturated rings. The van der Waals surface area contributed by atoms with Crippen molar-refractivity contribution in [3.05, 3.63) is 42.2 Å². The van der Waals surface area contributed by atoms with E-state index in [0.29, 0.717) is 24.2 Å². The molecule has 1 saturated carbocycles. The maximum atomic E-state index is 13.1. The van der Waals surface area contributed by atoms with Gasteiger partial charge in [-0.25, -0.2) is 0 Å². The summed E-state index contributed by atoms with van der Waals surface area (Å²) in [4.78, 5) is 34.1. The predicted octanol–water partition coefficient (Wildman–Crippen LogP) is 3.07. The summed E-state index contributed by atoms with van der Waals surface area (Å²) >= 11 is 0. The standard InChI is InChI=1S/C24H31N3O2/c28-22-6-8-24(17-27(22)12-7-20-3-1-2-11-25-20)9-13-26(14-10-24)23(29)21-16-18-4-5-19(21)15-18/h1-5,11,18-19,21H,6-10,12-17H2. The molecule has 1 aromatic heterocycles. The zero-order valence-corrected chi connectivity index (χ0v) is 17.1. The summed E-state index contributed by atoms with van der Waals surface area (Å²) in [5, 5.41) is 0. The zero-order valence-electron chi connectivity index (χ0n) is 17.1. The third kappa shape index (κ3) is 3.72. The van der Waals surface area contributed by atoms with Gasteiger partial charge in [0.05, 0.1) is 0 Å². The molecule has 1 spiro atoms. The molecule has 154 valence electrons. The van der Waals surface area contributed by atoms with Crippen LogP contribution >= 0.6 is 0 Å². The first kappa shape index (κ1) is 18.8. The first-order chi connectivity index (χ1) is 14.1. The van der Waals surface area contributed by atoms with E-state index in [4.69, 9.17) is 0 Å². The highest BCUT2D eigenvalue weighted by molar-refractivity contribution is 5.80. The molecule has 0 aromatic carbocycles. The smallest absolute Gasteiger partial charge is 0.226 e. The number of hydrogen-bond donors (Lipinski definition) is 0. The van der Waals surface area contributed by atoms with Gasteiger partial charge in [0, 0.05) is 56.8 Å². The summed E-state index contributed by atoms with van der Waals surface area (Å²) in [7, 11) is 0. The molecular weight excluding hydrogens is 362 g/mol. The van der Waals surface area contributed by atoms with Crippen molar-refractivity contribution in [2.24, 2.45) is 23.2 Å². The second kappa shape index (κ2) is 7.58. The molecule has 5 nitrogen and oxygen atoms in total. The van der Waals surface area contributed by atoms with Gasteiger partial charge in [0.1, 0.15) is 0 Å². The number of nitrogens with zero attached hydrogens (tertiary/aromatic N) is 3. The van der Waals surface area contributed by atoms with Crippen LogP contribution in [0.25, 0.3) is 0 Å². The summed E-state index contributed by atoms with van der Waals surface area (Å²) in [6, 6.07) is 5.95. The Balaban J connectivity index is 1.17. The van der Waals surface area contributed by atoms with Crippen LogP contribution in [0.5, 0.6) is 0 Å². The molecule has 3 unspecified atom stereocenters. The molecule has 2 amide bonds. The minimum Gasteiger partial charge on any atom is -0.342 e. The lowest BCUT2D eigenvalue weighted by molar-refractivity contribution is -0.144. The fraction of sp³-hybridized carbons (Fsp3) is 0.625. The van der Waals surface area contributed by atoms with E-state index in [2.05, 4.69) is 26.9 Å². The van der Waals surface area contributed by atoms with Gasteiger partial charge in [-0.15, -0.1) is 0 Å². The van der Waals surface area contributed by atoms with E-state index in [1.54, 1.807) is 0 Å². The largest absolute Gasteiger partial charge is 0.342 e. The van der Waals surface area contributed by atoms with Gasteiger partial charge in [-0.2, -0.15) is 0 Å². The molecule has 5 heteroatoms. The highest BCUT2D eigenvalue weighted by Gasteiger charge is 2.45. The van der Waals surface area contributed by atoms with Crippen LogP contribution in [-0.2, 0) is 16.0 Å². The van der Waals surface area contributed by atoms with Gasteiger partial charge in [-0.05, 0) is 61.5 Å². The average molecular weight is 394 g/mol. The number of piperidine rings is 2. The normalized spacial score (nSPS) is 30.3. The SMILES string of the molecule is O=C1CCC2(CCN(C(=O)C3CC4C=CC3C4)CC2)CN1CCc1ccccn1. The van der Waals surface area contributed by atoms with Crippen LogP contribution < -0.4 is 0 Å². The number of amides is 2. The van der Waals surface area contributed by atoms with Crippen LogP contribution in [0, 0.1) is 23.2 Å². The molecule has 3 heterocycles. The second-order valence-corrected chi connectivity index (χ2v) is 9.60. The van der Waals surface area contributed by atoms with E-state index >= 15 is 0 Å². The lowest BCUT2D eigenvalue weighted by Gasteiger charge is -2.48. The van der Waals surface area contributed by atoms with Crippen molar-refractivity contribution in [1.82, 2.24) is 14.8 Å². The number of fused-ring (bicyclic) bond motifs is 2. The van der Waals surface area contributed by atoms with Crippen LogP contribution in [0.3, 0.4) is 0 Å². The Morgan fingerprint density at radius 1 is 1.14 bits per heavy atom. The van der Waals surface area contributed by atoms with Gasteiger partial charge in [0.2, 0.25) is 11.8 Å². The minimum atomic E-state index is 0.198. The van der Waals surface area contributed by atoms with Crippen molar-refractivity contribution in [2.75, 3.05) is 26.2 Å². The number of allylic oxidation sites excluding steroid dienone is 2. The van der Waals surface area contributed by atoms with Crippen LogP contribution in [0.1, 0.15) is 44.2 Å². The van der Waals surface area contributed by atoms with Crippen LogP contribution in [0.4, 0.5) is 0 Å². The Morgan fingerprint density at radius 3 is 2.69 bits per heavy atom. The molecule has 4 aliphatic rings. The van der Waals surface area contributed by atoms with Crippen molar-refractivity contribution in [3.8, 4) is 0 Å². The van der Waals surface area contributed by atoms with Crippen LogP contribution in [0.15, 0.2) is 36.5 Å². The molecule has 2 aliphatic carbocycles. The van der Waals surface area contributed by atoms with Crippen molar-refractivity contribution in [2.45, 2.75) is 44.9 Å². The highest BCUT2D eigenvalue weighted by Crippen LogP contribution is 2.45. The fourth-order valence-electron chi connectivity index (χ4n) is 6.01. The van der Waals surface area contributed by atoms with Gasteiger partial charge >= 0.3 is 0 Å². The quantitative estimate of drug-likeness (QED) is 0.739. The van der Waals surface area contributed by atoms with Crippen molar-refractivity contribution in [3.63, 3.8) is 0 Å². The molecule has 0 N–H and O–H groups in total. The predicted molar refractivity (Wildman–Crippen MR) is 111 cm³/mol. The lowest BCUT2D eigenvalue weighted by Crippen LogP contribution is -2.53. The number of aromatic nitrogens is 1. The molecule has 5 rings (SSSR count). The zero-order chi connectivity index (χ0) is 19.8. The van der Waals surface area contributed by atoms with E-state index in [0.717, 1.165) is 64.0 Å². The molecule has 3 atom stereocenters. The molecule has 0 radical (unpaired) electrons. The van der Waals surface area contributed by atoms with E-state index < -0.39 is 0 Å². The van der Waals surface area contributed by atoms with E-state index in [1.165, 1.54) is 6.42 Å². The Morgan fingerprint density at radius 2 is 2.00 bits per heavy atom. The molecule has 2 aliphatic heterocycles. The third-order valence-electron chi connectivity index (χ3n) is 7.84. The first-order valence-corrected chi connectivity index (χ1v) is 11.3. The van der Waals surface area contributed by atoms with Gasteiger partial charge in [0.15, 0.2) is 0 Å². The Labute approximate surface area is 173 Å². The van der Waals surface area contributed by atoms with E-state index in [9.17, 15) is 9.59 Å². The summed E-state index contributed by atoms with van der Waals surface area (Å²) in [5.41, 5.74) is 1.24. The van der Waals surface area contributed by atoms with Gasteiger partial charge < -0.3 is 9.80 Å². The molecule has 2 bridgehead atoms. The van der Waals surface area contributed by atoms with Gasteiger partial charge in [0.25, 0.3) is 0 Å². The number of pyridine rings is 1. The number of carbonyl (C=O) groups excluding carboxylic acids is 2. The van der Waals surface area contributed by atoms with E-state index in [1.807, 2.05) is 24.4 Å². The summed E-state index contributed by atoms with van der Waals surface area (Å²) in [6.45, 7) is 3.31. The van der Waals surface area contributed by atoms with Gasteiger partial charge in [-0.1, -0.05) is 18.2 Å². The topological polar surface area (TPSA) is 53.5 Å². The first-order valence-electron chi connectivity index (χ1n) is 11.3. The molecule has 29 heavy (non-hydrogen) atoms. The number of rotatable bonds is 4. The average Bonchev–Trinajstić information content (AvgIpc) is 3.39. The molecular formula is C24H31N3O2. The second-order valence-electron chi connectivity index (χ2n) is 9.60. The fourth-order valence-corrected chi connectivity index (χ4v) is 6.01. The maximum Gasteiger partial charge on any atom is 0.226 e. The van der Waals surface area contributed by atoms with E-state index in [-0.39, 0.29) is 17.2 Å². The number of hydrogen-bond acceptors (Lipinski definition) is 3.